The maximum absolute atomic E-state index is 12.9. The van der Waals surface area contributed by atoms with E-state index in [0.717, 1.165) is 10.8 Å². The Labute approximate surface area is 159 Å². The highest BCUT2D eigenvalue weighted by atomic mass is 16.6. The van der Waals surface area contributed by atoms with Gasteiger partial charge in [0, 0.05) is 11.1 Å². The molecule has 3 aromatic carbocycles. The summed E-state index contributed by atoms with van der Waals surface area (Å²) < 4.78 is 5.47. The minimum Gasteiger partial charge on any atom is -0.457 e. The topological polar surface area (TPSA) is 46.5 Å². The molecule has 0 aliphatic rings. The van der Waals surface area contributed by atoms with Crippen molar-refractivity contribution in [2.45, 2.75) is 32.0 Å². The molecule has 27 heavy (non-hydrogen) atoms. The molecule has 3 heteroatoms. The Morgan fingerprint density at radius 1 is 0.889 bits per heavy atom. The standard InChI is InChI=1S/C24H22O3/c1-23(2,3)27-22(25)24(26,16-15-18-9-5-4-6-10-18)21-14-13-19-11-7-8-12-20(19)17-21/h4-14,17,26H,1-3H3/t24-/m1/s1. The van der Waals surface area contributed by atoms with E-state index in [9.17, 15) is 9.90 Å². The molecule has 0 saturated carbocycles. The van der Waals surface area contributed by atoms with Crippen molar-refractivity contribution in [2.75, 3.05) is 0 Å². The third kappa shape index (κ3) is 4.36. The molecule has 0 spiro atoms. The van der Waals surface area contributed by atoms with E-state index in [1.165, 1.54) is 0 Å². The van der Waals surface area contributed by atoms with Crippen molar-refractivity contribution in [2.24, 2.45) is 0 Å². The second kappa shape index (κ2) is 7.26. The molecule has 0 amide bonds. The van der Waals surface area contributed by atoms with E-state index in [4.69, 9.17) is 4.74 Å². The molecule has 0 heterocycles. The van der Waals surface area contributed by atoms with Gasteiger partial charge >= 0.3 is 5.97 Å². The van der Waals surface area contributed by atoms with Crippen LogP contribution in [0.2, 0.25) is 0 Å². The third-order valence-electron chi connectivity index (χ3n) is 4.02. The molecule has 3 nitrogen and oxygen atoms in total. The van der Waals surface area contributed by atoms with Crippen LogP contribution in [0.3, 0.4) is 0 Å². The van der Waals surface area contributed by atoms with Gasteiger partial charge in [-0.2, -0.15) is 0 Å². The van der Waals surface area contributed by atoms with Gasteiger partial charge in [0.25, 0.3) is 5.60 Å². The number of esters is 1. The van der Waals surface area contributed by atoms with Gasteiger partial charge in [0.1, 0.15) is 5.60 Å². The summed E-state index contributed by atoms with van der Waals surface area (Å²) in [4.78, 5) is 12.9. The van der Waals surface area contributed by atoms with Crippen LogP contribution in [0.25, 0.3) is 10.8 Å². The zero-order valence-corrected chi connectivity index (χ0v) is 15.7. The van der Waals surface area contributed by atoms with Gasteiger partial charge in [-0.1, -0.05) is 60.5 Å². The molecule has 0 unspecified atom stereocenters. The molecule has 136 valence electrons. The molecule has 0 fully saturated rings. The fourth-order valence-corrected chi connectivity index (χ4v) is 2.69. The highest BCUT2D eigenvalue weighted by Crippen LogP contribution is 2.28. The van der Waals surface area contributed by atoms with Crippen molar-refractivity contribution in [1.82, 2.24) is 0 Å². The lowest BCUT2D eigenvalue weighted by atomic mass is 9.91. The number of ether oxygens (including phenoxy) is 1. The van der Waals surface area contributed by atoms with E-state index in [1.54, 1.807) is 32.9 Å². The average molecular weight is 358 g/mol. The molecule has 0 aromatic heterocycles. The van der Waals surface area contributed by atoms with E-state index in [-0.39, 0.29) is 0 Å². The maximum atomic E-state index is 12.9. The quantitative estimate of drug-likeness (QED) is 0.545. The van der Waals surface area contributed by atoms with Crippen LogP contribution in [-0.2, 0) is 15.1 Å². The number of fused-ring (bicyclic) bond motifs is 1. The Morgan fingerprint density at radius 2 is 1.52 bits per heavy atom. The van der Waals surface area contributed by atoms with E-state index in [2.05, 4.69) is 11.8 Å². The Kier molecular flexibility index (Phi) is 5.03. The highest BCUT2D eigenvalue weighted by molar-refractivity contribution is 5.89. The predicted molar refractivity (Wildman–Crippen MR) is 107 cm³/mol. The van der Waals surface area contributed by atoms with Crippen LogP contribution in [0, 0.1) is 11.8 Å². The second-order valence-corrected chi connectivity index (χ2v) is 7.39. The van der Waals surface area contributed by atoms with Crippen molar-refractivity contribution in [1.29, 1.82) is 0 Å². The third-order valence-corrected chi connectivity index (χ3v) is 4.02. The largest absolute Gasteiger partial charge is 0.457 e. The molecule has 0 bridgehead atoms. The Hall–Kier alpha value is -3.09. The molecule has 3 aromatic rings. The van der Waals surface area contributed by atoms with Gasteiger partial charge in [-0.3, -0.25) is 0 Å². The summed E-state index contributed by atoms with van der Waals surface area (Å²) in [6.07, 6.45) is 0. The number of hydrogen-bond donors (Lipinski definition) is 1. The lowest BCUT2D eigenvalue weighted by Crippen LogP contribution is -2.40. The van der Waals surface area contributed by atoms with Gasteiger partial charge in [-0.05, 0) is 55.7 Å². The summed E-state index contributed by atoms with van der Waals surface area (Å²) in [5.74, 6) is 4.86. The summed E-state index contributed by atoms with van der Waals surface area (Å²) in [6, 6.07) is 22.3. The summed E-state index contributed by atoms with van der Waals surface area (Å²) in [5.41, 5.74) is -1.71. The van der Waals surface area contributed by atoms with Crippen LogP contribution >= 0.6 is 0 Å². The maximum Gasteiger partial charge on any atom is 0.356 e. The zero-order valence-electron chi connectivity index (χ0n) is 15.7. The first-order valence-corrected chi connectivity index (χ1v) is 8.81. The molecule has 1 N–H and O–H groups in total. The van der Waals surface area contributed by atoms with Crippen molar-refractivity contribution < 1.29 is 14.6 Å². The molecule has 1 atom stereocenters. The minimum absolute atomic E-state index is 0.388. The normalized spacial score (nSPS) is 13.3. The van der Waals surface area contributed by atoms with Gasteiger partial charge in [0.05, 0.1) is 0 Å². The molecule has 0 saturated heterocycles. The lowest BCUT2D eigenvalue weighted by Gasteiger charge is -2.27. The van der Waals surface area contributed by atoms with Crippen LogP contribution in [0.1, 0.15) is 31.9 Å². The van der Waals surface area contributed by atoms with E-state index in [0.29, 0.717) is 11.1 Å². The number of carbonyl (C=O) groups is 1. The molecular formula is C24H22O3. The van der Waals surface area contributed by atoms with Crippen LogP contribution in [0.5, 0.6) is 0 Å². The fourth-order valence-electron chi connectivity index (χ4n) is 2.69. The molecule has 3 rings (SSSR count). The Bertz CT molecular complexity index is 1020. The molecule has 0 aliphatic heterocycles. The average Bonchev–Trinajstić information content (AvgIpc) is 2.65. The van der Waals surface area contributed by atoms with Gasteiger partial charge < -0.3 is 9.84 Å². The number of aliphatic hydroxyl groups is 1. The number of carbonyl (C=O) groups excluding carboxylic acids is 1. The highest BCUT2D eigenvalue weighted by Gasteiger charge is 2.40. The first-order valence-electron chi connectivity index (χ1n) is 8.81. The van der Waals surface area contributed by atoms with E-state index >= 15 is 0 Å². The molecular weight excluding hydrogens is 336 g/mol. The summed E-state index contributed by atoms with van der Waals surface area (Å²) in [7, 11) is 0. The lowest BCUT2D eigenvalue weighted by molar-refractivity contribution is -0.172. The van der Waals surface area contributed by atoms with Crippen molar-refractivity contribution in [3.05, 3.63) is 83.9 Å². The van der Waals surface area contributed by atoms with Crippen LogP contribution < -0.4 is 0 Å². The number of hydrogen-bond acceptors (Lipinski definition) is 3. The molecule has 0 aliphatic carbocycles. The Morgan fingerprint density at radius 3 is 2.19 bits per heavy atom. The Balaban J connectivity index is 2.11. The van der Waals surface area contributed by atoms with E-state index < -0.39 is 17.2 Å². The van der Waals surface area contributed by atoms with Crippen molar-refractivity contribution in [3.63, 3.8) is 0 Å². The predicted octanol–water partition coefficient (Wildman–Crippen LogP) is 4.42. The first-order chi connectivity index (χ1) is 12.8. The first kappa shape index (κ1) is 18.7. The van der Waals surface area contributed by atoms with Gasteiger partial charge in [-0.15, -0.1) is 0 Å². The number of benzene rings is 3. The van der Waals surface area contributed by atoms with Gasteiger partial charge in [0.15, 0.2) is 0 Å². The zero-order chi connectivity index (χ0) is 19.5. The van der Waals surface area contributed by atoms with Crippen LogP contribution in [-0.4, -0.2) is 16.7 Å². The van der Waals surface area contributed by atoms with Gasteiger partial charge in [-0.25, -0.2) is 4.79 Å². The fraction of sp³-hybridized carbons (Fsp3) is 0.208. The van der Waals surface area contributed by atoms with E-state index in [1.807, 2.05) is 60.7 Å². The summed E-state index contributed by atoms with van der Waals surface area (Å²) in [5, 5.41) is 13.2. The monoisotopic (exact) mass is 358 g/mol. The minimum atomic E-state index is -2.06. The number of rotatable bonds is 2. The van der Waals surface area contributed by atoms with Crippen LogP contribution in [0.15, 0.2) is 72.8 Å². The van der Waals surface area contributed by atoms with Crippen molar-refractivity contribution >= 4 is 16.7 Å². The summed E-state index contributed by atoms with van der Waals surface area (Å²) in [6.45, 7) is 5.28. The smallest absolute Gasteiger partial charge is 0.356 e. The van der Waals surface area contributed by atoms with Crippen molar-refractivity contribution in [3.8, 4) is 11.8 Å². The SMILES string of the molecule is CC(C)(C)OC(=O)[C@@](O)(C#Cc1ccccc1)c1ccc2ccccc2c1. The van der Waals surface area contributed by atoms with Gasteiger partial charge in [0.2, 0.25) is 0 Å². The summed E-state index contributed by atoms with van der Waals surface area (Å²) >= 11 is 0. The second-order valence-electron chi connectivity index (χ2n) is 7.39. The molecule has 0 radical (unpaired) electrons. The van der Waals surface area contributed by atoms with Crippen LogP contribution in [0.4, 0.5) is 0 Å².